The third kappa shape index (κ3) is 5.98. The number of benzene rings is 1. The third-order valence-corrected chi connectivity index (χ3v) is 4.47. The molecule has 1 amide bonds. The molecule has 0 atom stereocenters. The molecule has 6 heteroatoms. The molecule has 1 aromatic heterocycles. The van der Waals surface area contributed by atoms with Gasteiger partial charge in [0.25, 0.3) is 5.91 Å². The monoisotopic (exact) mass is 360 g/mol. The van der Waals surface area contributed by atoms with Crippen molar-refractivity contribution in [3.63, 3.8) is 0 Å². The topological polar surface area (TPSA) is 59.5 Å². The summed E-state index contributed by atoms with van der Waals surface area (Å²) in [5, 5.41) is 2.73. The van der Waals surface area contributed by atoms with Crippen molar-refractivity contribution in [2.75, 3.05) is 6.61 Å². The highest BCUT2D eigenvalue weighted by atomic mass is 32.1. The van der Waals surface area contributed by atoms with E-state index in [4.69, 9.17) is 4.74 Å². The van der Waals surface area contributed by atoms with Gasteiger partial charge in [-0.3, -0.25) is 9.59 Å². The van der Waals surface area contributed by atoms with Crippen LogP contribution >= 0.6 is 11.3 Å². The van der Waals surface area contributed by atoms with Gasteiger partial charge in [-0.05, 0) is 33.3 Å². The summed E-state index contributed by atoms with van der Waals surface area (Å²) in [7, 11) is 0. The molecule has 0 aliphatic heterocycles. The molecule has 0 radical (unpaired) electrons. The molecular weight excluding hydrogens is 336 g/mol. The highest BCUT2D eigenvalue weighted by Crippen LogP contribution is 2.18. The molecule has 134 valence electrons. The lowest BCUT2D eigenvalue weighted by Crippen LogP contribution is -2.46. The molecule has 25 heavy (non-hydrogen) atoms. The molecule has 1 heterocycles. The molecule has 0 spiro atoms. The first kappa shape index (κ1) is 19.1. The average Bonchev–Trinajstić information content (AvgIpc) is 2.95. The second-order valence-corrected chi connectivity index (χ2v) is 7.89. The number of thiazole rings is 1. The standard InChI is InChI=1S/C19H24N2O3S/c1-14-20-16(13-25-14)10-18(23)24-12-17(22)21(19(2,3)4)11-15-8-6-5-7-9-15/h5-9,13H,10-12H2,1-4H3. The van der Waals surface area contributed by atoms with Crippen LogP contribution in [0.15, 0.2) is 35.7 Å². The molecule has 2 aromatic rings. The summed E-state index contributed by atoms with van der Waals surface area (Å²) in [6.45, 7) is 8.00. The summed E-state index contributed by atoms with van der Waals surface area (Å²) in [5.74, 6) is -0.647. The van der Waals surface area contributed by atoms with Crippen molar-refractivity contribution < 1.29 is 14.3 Å². The van der Waals surface area contributed by atoms with Crippen LogP contribution in [0.25, 0.3) is 0 Å². The SMILES string of the molecule is Cc1nc(CC(=O)OCC(=O)N(Cc2ccccc2)C(C)(C)C)cs1. The zero-order valence-electron chi connectivity index (χ0n) is 15.1. The fraction of sp³-hybridized carbons (Fsp3) is 0.421. The number of hydrogen-bond acceptors (Lipinski definition) is 5. The normalized spacial score (nSPS) is 11.2. The fourth-order valence-electron chi connectivity index (χ4n) is 2.37. The van der Waals surface area contributed by atoms with Gasteiger partial charge in [-0.2, -0.15) is 0 Å². The minimum atomic E-state index is -0.438. The van der Waals surface area contributed by atoms with E-state index >= 15 is 0 Å². The Morgan fingerprint density at radius 3 is 2.44 bits per heavy atom. The first-order chi connectivity index (χ1) is 11.8. The molecule has 0 aliphatic rings. The van der Waals surface area contributed by atoms with Crippen molar-refractivity contribution in [1.82, 2.24) is 9.88 Å². The molecule has 0 N–H and O–H groups in total. The van der Waals surface area contributed by atoms with Crippen molar-refractivity contribution in [1.29, 1.82) is 0 Å². The number of aromatic nitrogens is 1. The summed E-state index contributed by atoms with van der Waals surface area (Å²) in [6.07, 6.45) is 0.0891. The smallest absolute Gasteiger partial charge is 0.312 e. The van der Waals surface area contributed by atoms with Crippen molar-refractivity contribution in [3.05, 3.63) is 52.0 Å². The van der Waals surface area contributed by atoms with Gasteiger partial charge in [-0.15, -0.1) is 11.3 Å². The van der Waals surface area contributed by atoms with Gasteiger partial charge >= 0.3 is 5.97 Å². The molecule has 0 unspecified atom stereocenters. The summed E-state index contributed by atoms with van der Waals surface area (Å²) in [5.41, 5.74) is 1.35. The first-order valence-corrected chi connectivity index (χ1v) is 9.04. The molecule has 0 saturated carbocycles. The van der Waals surface area contributed by atoms with E-state index in [9.17, 15) is 9.59 Å². The second-order valence-electron chi connectivity index (χ2n) is 6.83. The van der Waals surface area contributed by atoms with Crippen molar-refractivity contribution >= 4 is 23.2 Å². The number of rotatable bonds is 6. The van der Waals surface area contributed by atoms with Crippen LogP contribution in [0.1, 0.15) is 37.0 Å². The van der Waals surface area contributed by atoms with E-state index in [1.807, 2.05) is 63.4 Å². The van der Waals surface area contributed by atoms with Crippen molar-refractivity contribution in [2.45, 2.75) is 46.2 Å². The minimum absolute atomic E-state index is 0.0891. The summed E-state index contributed by atoms with van der Waals surface area (Å²) in [4.78, 5) is 30.5. The van der Waals surface area contributed by atoms with Crippen LogP contribution in [-0.4, -0.2) is 33.9 Å². The number of ether oxygens (including phenoxy) is 1. The van der Waals surface area contributed by atoms with E-state index in [1.165, 1.54) is 11.3 Å². The molecule has 2 rings (SSSR count). The fourth-order valence-corrected chi connectivity index (χ4v) is 2.99. The lowest BCUT2D eigenvalue weighted by Gasteiger charge is -2.35. The van der Waals surface area contributed by atoms with Crippen LogP contribution in [0.4, 0.5) is 0 Å². The summed E-state index contributed by atoms with van der Waals surface area (Å²) >= 11 is 1.49. The van der Waals surface area contributed by atoms with Crippen LogP contribution in [0.3, 0.4) is 0 Å². The van der Waals surface area contributed by atoms with E-state index in [2.05, 4.69) is 4.98 Å². The highest BCUT2D eigenvalue weighted by molar-refractivity contribution is 7.09. The number of nitrogens with zero attached hydrogens (tertiary/aromatic N) is 2. The minimum Gasteiger partial charge on any atom is -0.455 e. The maximum Gasteiger partial charge on any atom is 0.312 e. The molecule has 0 aliphatic carbocycles. The van der Waals surface area contributed by atoms with Crippen LogP contribution < -0.4 is 0 Å². The highest BCUT2D eigenvalue weighted by Gasteiger charge is 2.27. The maximum atomic E-state index is 12.6. The molecule has 5 nitrogen and oxygen atoms in total. The predicted octanol–water partition coefficient (Wildman–Crippen LogP) is 3.36. The van der Waals surface area contributed by atoms with Crippen LogP contribution in [0.5, 0.6) is 0 Å². The Kier molecular flexibility index (Phi) is 6.31. The predicted molar refractivity (Wildman–Crippen MR) is 98.3 cm³/mol. The molecule has 0 fully saturated rings. The van der Waals surface area contributed by atoms with Gasteiger partial charge in [0, 0.05) is 17.5 Å². The van der Waals surface area contributed by atoms with Gasteiger partial charge in [-0.25, -0.2) is 4.98 Å². The van der Waals surface area contributed by atoms with E-state index in [1.54, 1.807) is 4.90 Å². The largest absolute Gasteiger partial charge is 0.455 e. The Morgan fingerprint density at radius 1 is 1.20 bits per heavy atom. The van der Waals surface area contributed by atoms with E-state index < -0.39 is 5.97 Å². The Hall–Kier alpha value is -2.21. The third-order valence-electron chi connectivity index (χ3n) is 3.64. The van der Waals surface area contributed by atoms with Crippen molar-refractivity contribution in [2.24, 2.45) is 0 Å². The zero-order valence-corrected chi connectivity index (χ0v) is 15.9. The van der Waals surface area contributed by atoms with Gasteiger partial charge in [-0.1, -0.05) is 30.3 Å². The van der Waals surface area contributed by atoms with Crippen LogP contribution in [-0.2, 0) is 27.3 Å². The maximum absolute atomic E-state index is 12.6. The van der Waals surface area contributed by atoms with Crippen molar-refractivity contribution in [3.8, 4) is 0 Å². The number of carbonyl (C=O) groups excluding carboxylic acids is 2. The summed E-state index contributed by atoms with van der Waals surface area (Å²) < 4.78 is 5.17. The van der Waals surface area contributed by atoms with Gasteiger partial charge in [0.2, 0.25) is 0 Å². The summed E-state index contributed by atoms with van der Waals surface area (Å²) in [6, 6.07) is 9.77. The Labute approximate surface area is 152 Å². The number of esters is 1. The van der Waals surface area contributed by atoms with E-state index in [-0.39, 0.29) is 24.5 Å². The Bertz CT molecular complexity index is 720. The number of amides is 1. The molecule has 0 bridgehead atoms. The average molecular weight is 360 g/mol. The Morgan fingerprint density at radius 2 is 1.88 bits per heavy atom. The second kappa shape index (κ2) is 8.25. The quantitative estimate of drug-likeness (QED) is 0.741. The van der Waals surface area contributed by atoms with Gasteiger partial charge in [0.15, 0.2) is 6.61 Å². The molecular formula is C19H24N2O3S. The molecule has 0 saturated heterocycles. The molecule has 1 aromatic carbocycles. The van der Waals surface area contributed by atoms with Crippen LogP contribution in [0, 0.1) is 6.92 Å². The number of carbonyl (C=O) groups is 2. The van der Waals surface area contributed by atoms with Crippen LogP contribution in [0.2, 0.25) is 0 Å². The van der Waals surface area contributed by atoms with Gasteiger partial charge in [0.1, 0.15) is 0 Å². The Balaban J connectivity index is 1.94. The lowest BCUT2D eigenvalue weighted by atomic mass is 10.0. The van der Waals surface area contributed by atoms with Gasteiger partial charge < -0.3 is 9.64 Å². The lowest BCUT2D eigenvalue weighted by molar-refractivity contribution is -0.154. The van der Waals surface area contributed by atoms with E-state index in [0.717, 1.165) is 10.6 Å². The number of aryl methyl sites for hydroxylation is 1. The zero-order chi connectivity index (χ0) is 18.4. The van der Waals surface area contributed by atoms with Gasteiger partial charge in [0.05, 0.1) is 17.1 Å². The number of hydrogen-bond donors (Lipinski definition) is 0. The van der Waals surface area contributed by atoms with E-state index in [0.29, 0.717) is 12.2 Å². The first-order valence-electron chi connectivity index (χ1n) is 8.17.